The first-order valence-corrected chi connectivity index (χ1v) is 7.33. The molecule has 94 valence electrons. The van der Waals surface area contributed by atoms with E-state index < -0.39 is 9.05 Å². The van der Waals surface area contributed by atoms with Crippen LogP contribution in [0.2, 0.25) is 5.02 Å². The molecule has 0 aromatic carbocycles. The summed E-state index contributed by atoms with van der Waals surface area (Å²) in [6.07, 6.45) is 4.19. The number of halogens is 2. The van der Waals surface area contributed by atoms with Crippen LogP contribution in [0.4, 0.5) is 0 Å². The summed E-state index contributed by atoms with van der Waals surface area (Å²) in [4.78, 5) is 7.40. The Morgan fingerprint density at radius 1 is 1.28 bits per heavy atom. The van der Waals surface area contributed by atoms with Crippen LogP contribution >= 0.6 is 22.3 Å². The maximum absolute atomic E-state index is 11.3. The summed E-state index contributed by atoms with van der Waals surface area (Å²) in [5, 5.41) is 0.360. The van der Waals surface area contributed by atoms with E-state index in [4.69, 9.17) is 27.0 Å². The lowest BCUT2D eigenvalue weighted by Gasteiger charge is -2.07. The SMILES string of the molecule is O=S(=O)(Cl)c1cccnc1Oc1cncc(Cl)c1. The van der Waals surface area contributed by atoms with Gasteiger partial charge < -0.3 is 4.74 Å². The van der Waals surface area contributed by atoms with Crippen LogP contribution in [0.25, 0.3) is 0 Å². The van der Waals surface area contributed by atoms with Gasteiger partial charge in [-0.1, -0.05) is 11.6 Å². The number of rotatable bonds is 3. The van der Waals surface area contributed by atoms with Gasteiger partial charge in [-0.2, -0.15) is 0 Å². The predicted molar refractivity (Wildman–Crippen MR) is 66.6 cm³/mol. The summed E-state index contributed by atoms with van der Waals surface area (Å²) in [5.41, 5.74) is 0. The van der Waals surface area contributed by atoms with E-state index in [0.717, 1.165) is 0 Å². The molecule has 2 aromatic rings. The van der Waals surface area contributed by atoms with E-state index in [9.17, 15) is 8.42 Å². The Hall–Kier alpha value is -1.37. The van der Waals surface area contributed by atoms with Crippen molar-refractivity contribution in [3.05, 3.63) is 41.8 Å². The molecule has 0 aliphatic rings. The molecule has 0 atom stereocenters. The Labute approximate surface area is 113 Å². The molecule has 0 aliphatic carbocycles. The molecule has 0 N–H and O–H groups in total. The number of hydrogen-bond donors (Lipinski definition) is 0. The first-order chi connectivity index (χ1) is 8.47. The standard InChI is InChI=1S/C10H6Cl2N2O3S/c11-7-4-8(6-13-5-7)17-10-9(18(12,15)16)2-1-3-14-10/h1-6H. The summed E-state index contributed by atoms with van der Waals surface area (Å²) in [6, 6.07) is 4.22. The van der Waals surface area contributed by atoms with E-state index in [1.54, 1.807) is 0 Å². The molecule has 0 amide bonds. The molecular weight excluding hydrogens is 299 g/mol. The van der Waals surface area contributed by atoms with Gasteiger partial charge in [-0.05, 0) is 12.1 Å². The van der Waals surface area contributed by atoms with Crippen molar-refractivity contribution in [2.45, 2.75) is 4.90 Å². The van der Waals surface area contributed by atoms with Crippen LogP contribution in [-0.2, 0) is 9.05 Å². The van der Waals surface area contributed by atoms with E-state index in [0.29, 0.717) is 5.02 Å². The molecule has 18 heavy (non-hydrogen) atoms. The van der Waals surface area contributed by atoms with Crippen molar-refractivity contribution in [2.75, 3.05) is 0 Å². The molecule has 0 spiro atoms. The fourth-order valence-electron chi connectivity index (χ4n) is 1.20. The Bertz CT molecular complexity index is 676. The molecule has 0 radical (unpaired) electrons. The zero-order chi connectivity index (χ0) is 13.2. The molecule has 0 aliphatic heterocycles. The quantitative estimate of drug-likeness (QED) is 0.816. The van der Waals surface area contributed by atoms with Gasteiger partial charge in [0.15, 0.2) is 0 Å². The Kier molecular flexibility index (Phi) is 3.70. The summed E-state index contributed by atoms with van der Waals surface area (Å²) in [7, 11) is 1.34. The third-order valence-electron chi connectivity index (χ3n) is 1.89. The van der Waals surface area contributed by atoms with Crippen LogP contribution in [0.5, 0.6) is 11.6 Å². The first kappa shape index (κ1) is 13.1. The minimum atomic E-state index is -3.93. The minimum absolute atomic E-state index is 0.128. The fraction of sp³-hybridized carbons (Fsp3) is 0. The molecule has 0 unspecified atom stereocenters. The van der Waals surface area contributed by atoms with Crippen LogP contribution in [0.3, 0.4) is 0 Å². The van der Waals surface area contributed by atoms with Crippen LogP contribution in [-0.4, -0.2) is 18.4 Å². The van der Waals surface area contributed by atoms with Crippen LogP contribution in [0, 0.1) is 0 Å². The van der Waals surface area contributed by atoms with Gasteiger partial charge in [0.2, 0.25) is 5.88 Å². The van der Waals surface area contributed by atoms with E-state index in [1.807, 2.05) is 0 Å². The topological polar surface area (TPSA) is 69.2 Å². The smallest absolute Gasteiger partial charge is 0.266 e. The van der Waals surface area contributed by atoms with Gasteiger partial charge in [0.25, 0.3) is 9.05 Å². The van der Waals surface area contributed by atoms with Gasteiger partial charge in [0.1, 0.15) is 10.6 Å². The first-order valence-electron chi connectivity index (χ1n) is 4.65. The highest BCUT2D eigenvalue weighted by Crippen LogP contribution is 2.28. The van der Waals surface area contributed by atoms with E-state index in [2.05, 4.69) is 9.97 Å². The molecule has 0 saturated heterocycles. The number of aromatic nitrogens is 2. The third kappa shape index (κ3) is 3.10. The largest absolute Gasteiger partial charge is 0.436 e. The number of ether oxygens (including phenoxy) is 1. The average Bonchev–Trinajstić information content (AvgIpc) is 2.28. The normalized spacial score (nSPS) is 11.2. The van der Waals surface area contributed by atoms with Gasteiger partial charge in [0, 0.05) is 29.1 Å². The van der Waals surface area contributed by atoms with E-state index in [-0.39, 0.29) is 16.5 Å². The van der Waals surface area contributed by atoms with Gasteiger partial charge in [-0.3, -0.25) is 4.98 Å². The zero-order valence-corrected chi connectivity index (χ0v) is 11.1. The van der Waals surface area contributed by atoms with Crippen LogP contribution in [0.1, 0.15) is 0 Å². The highest BCUT2D eigenvalue weighted by molar-refractivity contribution is 8.13. The zero-order valence-electron chi connectivity index (χ0n) is 8.75. The maximum atomic E-state index is 11.3. The third-order valence-corrected chi connectivity index (χ3v) is 3.43. The molecule has 8 heteroatoms. The van der Waals surface area contributed by atoms with Crippen LogP contribution < -0.4 is 4.74 Å². The molecule has 2 rings (SSSR count). The van der Waals surface area contributed by atoms with Crippen molar-refractivity contribution in [1.29, 1.82) is 0 Å². The highest BCUT2D eigenvalue weighted by Gasteiger charge is 2.18. The maximum Gasteiger partial charge on any atom is 0.266 e. The predicted octanol–water partition coefficient (Wildman–Crippen LogP) is 2.85. The molecule has 0 fully saturated rings. The Balaban J connectivity index is 2.41. The highest BCUT2D eigenvalue weighted by atomic mass is 35.7. The van der Waals surface area contributed by atoms with Crippen molar-refractivity contribution in [2.24, 2.45) is 0 Å². The Morgan fingerprint density at radius 2 is 2.06 bits per heavy atom. The monoisotopic (exact) mass is 304 g/mol. The lowest BCUT2D eigenvalue weighted by atomic mass is 10.4. The summed E-state index contributed by atoms with van der Waals surface area (Å²) < 4.78 is 27.9. The van der Waals surface area contributed by atoms with Crippen molar-refractivity contribution < 1.29 is 13.2 Å². The van der Waals surface area contributed by atoms with Crippen molar-refractivity contribution in [3.63, 3.8) is 0 Å². The average molecular weight is 305 g/mol. The number of pyridine rings is 2. The molecular formula is C10H6Cl2N2O3S. The summed E-state index contributed by atoms with van der Waals surface area (Å²) >= 11 is 5.73. The van der Waals surface area contributed by atoms with Crippen LogP contribution in [0.15, 0.2) is 41.7 Å². The second-order valence-corrected chi connectivity index (χ2v) is 6.16. The molecule has 2 aromatic heterocycles. The van der Waals surface area contributed by atoms with Crippen molar-refractivity contribution in [3.8, 4) is 11.6 Å². The van der Waals surface area contributed by atoms with E-state index in [1.165, 1.54) is 36.8 Å². The van der Waals surface area contributed by atoms with Gasteiger partial charge in [-0.15, -0.1) is 0 Å². The summed E-state index contributed by atoms with van der Waals surface area (Å²) in [5.74, 6) is 0.138. The molecule has 2 heterocycles. The number of hydrogen-bond acceptors (Lipinski definition) is 5. The number of nitrogens with zero attached hydrogens (tertiary/aromatic N) is 2. The summed E-state index contributed by atoms with van der Waals surface area (Å²) in [6.45, 7) is 0. The molecule has 0 bridgehead atoms. The molecule has 0 saturated carbocycles. The van der Waals surface area contributed by atoms with E-state index >= 15 is 0 Å². The van der Waals surface area contributed by atoms with Crippen molar-refractivity contribution in [1.82, 2.24) is 9.97 Å². The van der Waals surface area contributed by atoms with Crippen molar-refractivity contribution >= 4 is 31.3 Å². The Morgan fingerprint density at radius 3 is 2.72 bits per heavy atom. The second kappa shape index (κ2) is 5.09. The lowest BCUT2D eigenvalue weighted by Crippen LogP contribution is -1.98. The minimum Gasteiger partial charge on any atom is -0.436 e. The van der Waals surface area contributed by atoms with Gasteiger partial charge >= 0.3 is 0 Å². The van der Waals surface area contributed by atoms with Gasteiger partial charge in [0.05, 0.1) is 11.2 Å². The lowest BCUT2D eigenvalue weighted by molar-refractivity contribution is 0.446. The fourth-order valence-corrected chi connectivity index (χ4v) is 2.26. The second-order valence-electron chi connectivity index (χ2n) is 3.19. The van der Waals surface area contributed by atoms with Gasteiger partial charge in [-0.25, -0.2) is 13.4 Å². The molecule has 5 nitrogen and oxygen atoms in total.